The van der Waals surface area contributed by atoms with Crippen molar-refractivity contribution in [2.45, 2.75) is 25.1 Å². The van der Waals surface area contributed by atoms with Gasteiger partial charge in [-0.2, -0.15) is 13.2 Å². The molecule has 9 heteroatoms. The van der Waals surface area contributed by atoms with E-state index in [1.807, 2.05) is 11.0 Å². The van der Waals surface area contributed by atoms with Gasteiger partial charge in [0, 0.05) is 43.0 Å². The predicted molar refractivity (Wildman–Crippen MR) is 129 cm³/mol. The molecule has 1 unspecified atom stereocenters. The molecule has 0 aromatic heterocycles. The van der Waals surface area contributed by atoms with E-state index in [4.69, 9.17) is 4.74 Å². The maximum Gasteiger partial charge on any atom is 0.416 e. The Hall–Kier alpha value is -4.01. The molecule has 0 bridgehead atoms. The Labute approximate surface area is 211 Å². The topological polar surface area (TPSA) is 78.9 Å². The van der Waals surface area contributed by atoms with Gasteiger partial charge in [0.15, 0.2) is 0 Å². The van der Waals surface area contributed by atoms with E-state index in [2.05, 4.69) is 5.32 Å². The summed E-state index contributed by atoms with van der Waals surface area (Å²) in [6.07, 6.45) is -3.46. The molecule has 3 aromatic rings. The van der Waals surface area contributed by atoms with Crippen LogP contribution >= 0.6 is 0 Å². The van der Waals surface area contributed by atoms with Crippen molar-refractivity contribution >= 4 is 11.8 Å². The molecule has 3 atom stereocenters. The molecule has 2 aliphatic rings. The third-order valence-electron chi connectivity index (χ3n) is 6.92. The fourth-order valence-electron chi connectivity index (χ4n) is 4.82. The number of fused-ring (bicyclic) bond motifs is 1. The van der Waals surface area contributed by atoms with Crippen molar-refractivity contribution < 1.29 is 32.6 Å². The lowest BCUT2D eigenvalue weighted by atomic mass is 10.1. The molecule has 1 heterocycles. The summed E-state index contributed by atoms with van der Waals surface area (Å²) in [7, 11) is 0. The lowest BCUT2D eigenvalue weighted by molar-refractivity contribution is -0.137. The second-order valence-corrected chi connectivity index (χ2v) is 9.44. The number of carbonyl (C=O) groups excluding carboxylic acids is 2. The van der Waals surface area contributed by atoms with Gasteiger partial charge in [-0.15, -0.1) is 0 Å². The molecule has 3 aromatic carbocycles. The van der Waals surface area contributed by atoms with Crippen molar-refractivity contribution in [3.63, 3.8) is 0 Å². The van der Waals surface area contributed by atoms with E-state index in [1.54, 1.807) is 42.5 Å². The summed E-state index contributed by atoms with van der Waals surface area (Å²) in [5, 5.41) is 12.6. The van der Waals surface area contributed by atoms with Crippen molar-refractivity contribution in [3.05, 3.63) is 89.5 Å². The average Bonchev–Trinajstić information content (AvgIpc) is 3.29. The van der Waals surface area contributed by atoms with Crippen LogP contribution < -0.4 is 10.1 Å². The number of alkyl halides is 3. The van der Waals surface area contributed by atoms with Crippen LogP contribution in [0.25, 0.3) is 0 Å². The number of ether oxygens (including phenoxy) is 1. The van der Waals surface area contributed by atoms with Crippen LogP contribution in [-0.2, 0) is 17.4 Å². The summed E-state index contributed by atoms with van der Waals surface area (Å²) in [5.41, 5.74) is 0.611. The van der Waals surface area contributed by atoms with Gasteiger partial charge in [0.25, 0.3) is 5.91 Å². The molecule has 1 aliphatic carbocycles. The number of nitrogens with zero attached hydrogens (tertiary/aromatic N) is 1. The molecule has 2 N–H and O–H groups in total. The van der Waals surface area contributed by atoms with Crippen molar-refractivity contribution in [2.24, 2.45) is 11.8 Å². The number of amides is 2. The molecule has 5 rings (SSSR count). The van der Waals surface area contributed by atoms with Gasteiger partial charge in [-0.05, 0) is 72.6 Å². The number of hydrogen-bond donors (Lipinski definition) is 2. The van der Waals surface area contributed by atoms with Gasteiger partial charge in [-0.1, -0.05) is 12.1 Å². The van der Waals surface area contributed by atoms with Crippen LogP contribution in [0.3, 0.4) is 0 Å². The maximum absolute atomic E-state index is 12.7. The van der Waals surface area contributed by atoms with E-state index in [-0.39, 0.29) is 41.2 Å². The van der Waals surface area contributed by atoms with E-state index in [0.29, 0.717) is 37.2 Å². The van der Waals surface area contributed by atoms with Gasteiger partial charge >= 0.3 is 6.18 Å². The Morgan fingerprint density at radius 1 is 0.946 bits per heavy atom. The number of benzene rings is 3. The summed E-state index contributed by atoms with van der Waals surface area (Å²) in [4.78, 5) is 27.1. The zero-order chi connectivity index (χ0) is 26.2. The molecule has 1 saturated carbocycles. The first kappa shape index (κ1) is 24.7. The molecule has 0 radical (unpaired) electrons. The first-order valence-corrected chi connectivity index (χ1v) is 12.0. The first-order chi connectivity index (χ1) is 17.7. The van der Waals surface area contributed by atoms with E-state index in [0.717, 1.165) is 17.7 Å². The second-order valence-electron chi connectivity index (χ2n) is 9.44. The molecule has 0 spiro atoms. The van der Waals surface area contributed by atoms with Gasteiger partial charge in [0.1, 0.15) is 17.2 Å². The van der Waals surface area contributed by atoms with Gasteiger partial charge in [-0.3, -0.25) is 9.59 Å². The van der Waals surface area contributed by atoms with Crippen LogP contribution in [0, 0.1) is 11.8 Å². The number of phenols is 1. The highest BCUT2D eigenvalue weighted by molar-refractivity contribution is 5.94. The van der Waals surface area contributed by atoms with E-state index < -0.39 is 11.7 Å². The number of carbonyl (C=O) groups is 2. The van der Waals surface area contributed by atoms with Gasteiger partial charge < -0.3 is 20.1 Å². The number of aryl methyl sites for hydroxylation is 1. The number of aromatic hydroxyl groups is 1. The zero-order valence-corrected chi connectivity index (χ0v) is 19.7. The third kappa shape index (κ3) is 5.71. The quantitative estimate of drug-likeness (QED) is 0.468. The highest BCUT2D eigenvalue weighted by atomic mass is 19.4. The van der Waals surface area contributed by atoms with Crippen LogP contribution in [0.15, 0.2) is 72.8 Å². The normalized spacial score (nSPS) is 20.3. The van der Waals surface area contributed by atoms with Crippen molar-refractivity contribution in [2.75, 3.05) is 13.1 Å². The molecule has 2 amide bonds. The summed E-state index contributed by atoms with van der Waals surface area (Å²) in [6.45, 7) is 1.24. The minimum absolute atomic E-state index is 0.0331. The second kappa shape index (κ2) is 9.80. The largest absolute Gasteiger partial charge is 0.508 e. The smallest absolute Gasteiger partial charge is 0.416 e. The van der Waals surface area contributed by atoms with Crippen LogP contribution in [-0.4, -0.2) is 41.0 Å². The fourth-order valence-corrected chi connectivity index (χ4v) is 4.82. The van der Waals surface area contributed by atoms with Crippen LogP contribution in [0.2, 0.25) is 0 Å². The molecule has 1 saturated heterocycles. The Balaban J connectivity index is 1.07. The minimum Gasteiger partial charge on any atom is -0.508 e. The number of hydrogen-bond acceptors (Lipinski definition) is 4. The van der Waals surface area contributed by atoms with Crippen LogP contribution in [0.4, 0.5) is 13.2 Å². The van der Waals surface area contributed by atoms with Crippen molar-refractivity contribution in [1.29, 1.82) is 0 Å². The number of rotatable bonds is 7. The first-order valence-electron chi connectivity index (χ1n) is 12.0. The average molecular weight is 511 g/mol. The monoisotopic (exact) mass is 510 g/mol. The SMILES string of the molecule is O=C(NC1[C@H]2CN(C(=O)CCc3cccc(O)c3)C[C@@H]12)c1ccc(Oc2ccc(C(F)(F)F)cc2)cc1. The maximum atomic E-state index is 12.7. The highest BCUT2D eigenvalue weighted by Gasteiger charge is 2.57. The van der Waals surface area contributed by atoms with Crippen molar-refractivity contribution in [1.82, 2.24) is 10.2 Å². The molecule has 1 aliphatic heterocycles. The molecule has 6 nitrogen and oxygen atoms in total. The summed E-state index contributed by atoms with van der Waals surface area (Å²) in [6, 6.07) is 17.7. The highest BCUT2D eigenvalue weighted by Crippen LogP contribution is 2.45. The van der Waals surface area contributed by atoms with Crippen LogP contribution in [0.5, 0.6) is 17.2 Å². The lowest BCUT2D eigenvalue weighted by Gasteiger charge is -2.20. The molecule has 37 heavy (non-hydrogen) atoms. The van der Waals surface area contributed by atoms with Gasteiger partial charge in [-0.25, -0.2) is 0 Å². The Kier molecular flexibility index (Phi) is 6.54. The molecule has 192 valence electrons. The van der Waals surface area contributed by atoms with Gasteiger partial charge in [0.05, 0.1) is 5.56 Å². The number of piperidine rings is 1. The Bertz CT molecular complexity index is 1280. The minimum atomic E-state index is -4.41. The summed E-state index contributed by atoms with van der Waals surface area (Å²) >= 11 is 0. The third-order valence-corrected chi connectivity index (χ3v) is 6.92. The predicted octanol–water partition coefficient (Wildman–Crippen LogP) is 5.02. The number of likely N-dealkylation sites (tertiary alicyclic amines) is 1. The number of phenolic OH excluding ortho intramolecular Hbond substituents is 1. The van der Waals surface area contributed by atoms with E-state index >= 15 is 0 Å². The Morgan fingerprint density at radius 2 is 1.57 bits per heavy atom. The van der Waals surface area contributed by atoms with Crippen LogP contribution in [0.1, 0.15) is 27.9 Å². The Morgan fingerprint density at radius 3 is 2.16 bits per heavy atom. The molecular formula is C28H25F3N2O4. The fraction of sp³-hybridized carbons (Fsp3) is 0.286. The lowest BCUT2D eigenvalue weighted by Crippen LogP contribution is -2.37. The summed E-state index contributed by atoms with van der Waals surface area (Å²) in [5.74, 6) is 1.20. The van der Waals surface area contributed by atoms with E-state index in [9.17, 15) is 27.9 Å². The van der Waals surface area contributed by atoms with Gasteiger partial charge in [0.2, 0.25) is 5.91 Å². The number of halogens is 3. The standard InChI is InChI=1S/C28H25F3N2O4/c29-28(30,31)19-7-11-22(12-8-19)37-21-9-5-18(6-10-21)27(36)32-26-23-15-33(16-24(23)26)25(35)13-4-17-2-1-3-20(34)14-17/h1-3,5-12,14,23-24,26,34H,4,13,15-16H2,(H,32,36)/t23-,24+,26?. The summed E-state index contributed by atoms with van der Waals surface area (Å²) < 4.78 is 43.6. The molecule has 2 fully saturated rings. The van der Waals surface area contributed by atoms with Crippen molar-refractivity contribution in [3.8, 4) is 17.2 Å². The van der Waals surface area contributed by atoms with E-state index in [1.165, 1.54) is 12.1 Å². The zero-order valence-electron chi connectivity index (χ0n) is 19.7. The molecular weight excluding hydrogens is 485 g/mol. The number of nitrogens with one attached hydrogen (secondary N) is 1.